The Morgan fingerprint density at radius 3 is 2.46 bits per heavy atom. The summed E-state index contributed by atoms with van der Waals surface area (Å²) < 4.78 is 29.2. The number of hydrogen-bond donors (Lipinski definition) is 2. The molecule has 1 aliphatic heterocycles. The van der Waals surface area contributed by atoms with Crippen molar-refractivity contribution in [1.82, 2.24) is 14.9 Å². The Bertz CT molecular complexity index is 505. The summed E-state index contributed by atoms with van der Waals surface area (Å²) in [6, 6.07) is 0. The number of ether oxygens (including phenoxy) is 1. The van der Waals surface area contributed by atoms with Gasteiger partial charge in [-0.1, -0.05) is 0 Å². The van der Waals surface area contributed by atoms with Gasteiger partial charge in [-0.3, -0.25) is 9.79 Å². The highest BCUT2D eigenvalue weighted by Crippen LogP contribution is 2.18. The van der Waals surface area contributed by atoms with Gasteiger partial charge < -0.3 is 15.0 Å². The van der Waals surface area contributed by atoms with E-state index in [0.717, 1.165) is 44.7 Å². The van der Waals surface area contributed by atoms with Crippen molar-refractivity contribution in [2.75, 3.05) is 46.1 Å². The van der Waals surface area contributed by atoms with Crippen LogP contribution < -0.4 is 10.0 Å². The van der Waals surface area contributed by atoms with Crippen molar-refractivity contribution in [3.63, 3.8) is 0 Å². The van der Waals surface area contributed by atoms with Crippen molar-refractivity contribution in [3.8, 4) is 0 Å². The number of halogens is 1. The third-order valence-corrected chi connectivity index (χ3v) is 4.35. The highest BCUT2D eigenvalue weighted by Gasteiger charge is 2.26. The molecule has 1 aliphatic rings. The maximum absolute atomic E-state index is 11.6. The molecule has 8 nitrogen and oxygen atoms in total. The number of rotatable bonds is 7. The minimum atomic E-state index is -3.14. The Labute approximate surface area is 161 Å². The van der Waals surface area contributed by atoms with Crippen molar-refractivity contribution >= 4 is 45.9 Å². The summed E-state index contributed by atoms with van der Waals surface area (Å²) in [6.07, 6.45) is 3.30. The third-order valence-electron chi connectivity index (χ3n) is 3.62. The van der Waals surface area contributed by atoms with Gasteiger partial charge in [0, 0.05) is 32.7 Å². The number of aliphatic imine (C=N–C) groups is 1. The predicted octanol–water partition coefficient (Wildman–Crippen LogP) is 0.394. The van der Waals surface area contributed by atoms with E-state index in [2.05, 4.69) is 19.9 Å². The Morgan fingerprint density at radius 1 is 1.33 bits per heavy atom. The molecule has 2 N–H and O–H groups in total. The van der Waals surface area contributed by atoms with Crippen LogP contribution in [-0.4, -0.2) is 71.3 Å². The van der Waals surface area contributed by atoms with Crippen molar-refractivity contribution in [2.24, 2.45) is 10.9 Å². The molecule has 0 unspecified atom stereocenters. The normalized spacial score (nSPS) is 16.5. The van der Waals surface area contributed by atoms with Crippen LogP contribution in [0.15, 0.2) is 4.99 Å². The number of methoxy groups -OCH3 is 1. The van der Waals surface area contributed by atoms with E-state index in [9.17, 15) is 13.2 Å². The molecule has 1 heterocycles. The molecular formula is C14H29IN4O4S. The van der Waals surface area contributed by atoms with E-state index in [-0.39, 0.29) is 35.9 Å². The first kappa shape index (κ1) is 23.4. The van der Waals surface area contributed by atoms with Gasteiger partial charge in [-0.05, 0) is 26.2 Å². The van der Waals surface area contributed by atoms with Crippen LogP contribution in [0, 0.1) is 5.92 Å². The fourth-order valence-electron chi connectivity index (χ4n) is 2.44. The smallest absolute Gasteiger partial charge is 0.308 e. The van der Waals surface area contributed by atoms with E-state index in [4.69, 9.17) is 4.74 Å². The summed E-state index contributed by atoms with van der Waals surface area (Å²) >= 11 is 0. The van der Waals surface area contributed by atoms with Gasteiger partial charge in [0.25, 0.3) is 0 Å². The number of carbonyl (C=O) groups is 1. The molecule has 1 saturated heterocycles. The van der Waals surface area contributed by atoms with Crippen molar-refractivity contribution < 1.29 is 17.9 Å². The van der Waals surface area contributed by atoms with E-state index in [1.165, 1.54) is 7.11 Å². The number of sulfonamides is 1. The third kappa shape index (κ3) is 9.02. The summed E-state index contributed by atoms with van der Waals surface area (Å²) in [4.78, 5) is 18.2. The molecule has 0 amide bonds. The predicted molar refractivity (Wildman–Crippen MR) is 105 cm³/mol. The Hall–Kier alpha value is -0.620. The van der Waals surface area contributed by atoms with Crippen LogP contribution in [0.3, 0.4) is 0 Å². The largest absolute Gasteiger partial charge is 0.469 e. The molecule has 1 fully saturated rings. The summed E-state index contributed by atoms with van der Waals surface area (Å²) in [5, 5.41) is 3.24. The maximum Gasteiger partial charge on any atom is 0.308 e. The summed E-state index contributed by atoms with van der Waals surface area (Å²) in [5.74, 6) is 0.645. The van der Waals surface area contributed by atoms with Crippen LogP contribution in [0.25, 0.3) is 0 Å². The van der Waals surface area contributed by atoms with Gasteiger partial charge in [0.1, 0.15) is 0 Å². The molecule has 0 radical (unpaired) electrons. The fraction of sp³-hybridized carbons (Fsp3) is 0.857. The number of nitrogens with zero attached hydrogens (tertiary/aromatic N) is 2. The lowest BCUT2D eigenvalue weighted by molar-refractivity contribution is -0.146. The number of piperidine rings is 1. The quantitative estimate of drug-likeness (QED) is 0.181. The molecule has 10 heteroatoms. The van der Waals surface area contributed by atoms with Crippen LogP contribution in [0.5, 0.6) is 0 Å². The number of guanidine groups is 1. The van der Waals surface area contributed by atoms with Gasteiger partial charge in [-0.15, -0.1) is 24.0 Å². The lowest BCUT2D eigenvalue weighted by atomic mass is 9.97. The Balaban J connectivity index is 0.00000529. The van der Waals surface area contributed by atoms with Crippen molar-refractivity contribution in [1.29, 1.82) is 0 Å². The maximum atomic E-state index is 11.6. The van der Waals surface area contributed by atoms with Gasteiger partial charge in [-0.2, -0.15) is 0 Å². The Kier molecular flexibility index (Phi) is 11.5. The molecule has 142 valence electrons. The average Bonchev–Trinajstić information content (AvgIpc) is 2.52. The van der Waals surface area contributed by atoms with E-state index in [0.29, 0.717) is 19.5 Å². The monoisotopic (exact) mass is 476 g/mol. The number of hydrogen-bond acceptors (Lipinski definition) is 5. The fourth-order valence-corrected chi connectivity index (χ4v) is 2.96. The second-order valence-corrected chi connectivity index (χ2v) is 7.37. The number of likely N-dealkylation sites (tertiary alicyclic amines) is 1. The van der Waals surface area contributed by atoms with Gasteiger partial charge in [0.05, 0.1) is 19.3 Å². The van der Waals surface area contributed by atoms with Crippen molar-refractivity contribution in [3.05, 3.63) is 0 Å². The molecule has 24 heavy (non-hydrogen) atoms. The Morgan fingerprint density at radius 2 is 1.96 bits per heavy atom. The molecule has 0 saturated carbocycles. The lowest BCUT2D eigenvalue weighted by Gasteiger charge is -2.33. The number of nitrogens with one attached hydrogen (secondary N) is 2. The SMILES string of the molecule is CCNC(=NCCCNS(C)(=O)=O)N1CCC(C(=O)OC)CC1.I. The zero-order valence-corrected chi connectivity index (χ0v) is 17.7. The van der Waals surface area contributed by atoms with E-state index in [1.807, 2.05) is 6.92 Å². The average molecular weight is 476 g/mol. The zero-order valence-electron chi connectivity index (χ0n) is 14.6. The van der Waals surface area contributed by atoms with Crippen LogP contribution in [0.1, 0.15) is 26.2 Å². The van der Waals surface area contributed by atoms with E-state index < -0.39 is 10.0 Å². The molecule has 0 aromatic rings. The lowest BCUT2D eigenvalue weighted by Crippen LogP contribution is -2.46. The molecular weight excluding hydrogens is 447 g/mol. The first-order valence-corrected chi connectivity index (χ1v) is 9.82. The van der Waals surface area contributed by atoms with Crippen LogP contribution in [-0.2, 0) is 19.6 Å². The summed E-state index contributed by atoms with van der Waals surface area (Å²) in [5.41, 5.74) is 0. The zero-order chi connectivity index (χ0) is 17.3. The molecule has 0 aliphatic carbocycles. The first-order chi connectivity index (χ1) is 10.9. The van der Waals surface area contributed by atoms with Crippen LogP contribution in [0.4, 0.5) is 0 Å². The van der Waals surface area contributed by atoms with Crippen LogP contribution in [0.2, 0.25) is 0 Å². The summed E-state index contributed by atoms with van der Waals surface area (Å²) in [7, 11) is -1.72. The second-order valence-electron chi connectivity index (χ2n) is 5.54. The molecule has 0 aromatic carbocycles. The molecule has 0 spiro atoms. The minimum Gasteiger partial charge on any atom is -0.469 e. The minimum absolute atomic E-state index is 0. The standard InChI is InChI=1S/C14H28N4O4S.HI/c1-4-15-14(16-8-5-9-17-23(3,20)21)18-10-6-12(7-11-18)13(19)22-2;/h12,17H,4-11H2,1-3H3,(H,15,16);1H. The van der Waals surface area contributed by atoms with Gasteiger partial charge in [0.15, 0.2) is 5.96 Å². The first-order valence-electron chi connectivity index (χ1n) is 7.93. The molecule has 0 atom stereocenters. The molecule has 0 aromatic heterocycles. The molecule has 1 rings (SSSR count). The topological polar surface area (TPSA) is 100 Å². The van der Waals surface area contributed by atoms with Gasteiger partial charge >= 0.3 is 5.97 Å². The van der Waals surface area contributed by atoms with Crippen molar-refractivity contribution in [2.45, 2.75) is 26.2 Å². The number of carbonyl (C=O) groups excluding carboxylic acids is 1. The summed E-state index contributed by atoms with van der Waals surface area (Å²) in [6.45, 7) is 5.20. The van der Waals surface area contributed by atoms with E-state index >= 15 is 0 Å². The molecule has 0 bridgehead atoms. The number of esters is 1. The van der Waals surface area contributed by atoms with Gasteiger partial charge in [0.2, 0.25) is 10.0 Å². The highest BCUT2D eigenvalue weighted by atomic mass is 127. The second kappa shape index (κ2) is 11.9. The van der Waals surface area contributed by atoms with Crippen LogP contribution >= 0.6 is 24.0 Å². The van der Waals surface area contributed by atoms with E-state index in [1.54, 1.807) is 0 Å². The van der Waals surface area contributed by atoms with Gasteiger partial charge in [-0.25, -0.2) is 13.1 Å². The highest BCUT2D eigenvalue weighted by molar-refractivity contribution is 14.0.